The van der Waals surface area contributed by atoms with Gasteiger partial charge >= 0.3 is 0 Å². The van der Waals surface area contributed by atoms with Crippen LogP contribution in [0.2, 0.25) is 0 Å². The molecule has 0 atom stereocenters. The molecule has 0 heterocycles. The number of hydrogen-bond donors (Lipinski definition) is 3. The third-order valence-electron chi connectivity index (χ3n) is 3.15. The summed E-state index contributed by atoms with van der Waals surface area (Å²) in [7, 11) is -2.47. The lowest BCUT2D eigenvalue weighted by atomic mass is 10.2. The molecule has 0 aliphatic rings. The predicted molar refractivity (Wildman–Crippen MR) is 99.6 cm³/mol. The Kier molecular flexibility index (Phi) is 9.27. The number of aliphatic hydroxyl groups is 1. The number of carbonyl (C=O) groups is 1. The number of aryl methyl sites for hydroxylation is 1. The molecule has 0 aliphatic carbocycles. The van der Waals surface area contributed by atoms with Crippen LogP contribution >= 0.6 is 0 Å². The van der Waals surface area contributed by atoms with Gasteiger partial charge in [0.15, 0.2) is 6.61 Å². The monoisotopic (exact) mass is 397 g/mol. The number of amides is 1. The van der Waals surface area contributed by atoms with E-state index in [0.29, 0.717) is 11.5 Å². The largest absolute Gasteiger partial charge is 0.491 e. The minimum Gasteiger partial charge on any atom is -0.491 e. The summed E-state index contributed by atoms with van der Waals surface area (Å²) in [6.07, 6.45) is 0. The molecular formula is C18H23NO7S. The first-order valence-corrected chi connectivity index (χ1v) is 9.41. The Morgan fingerprint density at radius 3 is 1.96 bits per heavy atom. The van der Waals surface area contributed by atoms with Crippen molar-refractivity contribution in [3.8, 4) is 11.5 Å². The number of hydrogen-bond acceptors (Lipinski definition) is 6. The molecule has 0 saturated heterocycles. The molecule has 0 bridgehead atoms. The second kappa shape index (κ2) is 11.2. The summed E-state index contributed by atoms with van der Waals surface area (Å²) in [6, 6.07) is 12.8. The van der Waals surface area contributed by atoms with E-state index in [4.69, 9.17) is 19.1 Å². The van der Waals surface area contributed by atoms with Gasteiger partial charge in [-0.05, 0) is 43.3 Å². The minimum absolute atomic E-state index is 0.00660. The quantitative estimate of drug-likeness (QED) is 0.604. The highest BCUT2D eigenvalue weighted by molar-refractivity contribution is 7.85. The molecule has 1 amide bonds. The standard InChI is InChI=1S/C11H15NO4.C7H8O3S/c1-12-11(14)8-16-10-4-2-9(3-5-10)15-7-6-13;1-6-2-4-7(5-3-6)11(8,9)10/h2-5,13H,6-8H2,1H3,(H,12,14);2-5H,1H3,(H,8,9,10). The molecule has 2 aromatic rings. The molecule has 8 nitrogen and oxygen atoms in total. The molecule has 0 radical (unpaired) electrons. The van der Waals surface area contributed by atoms with Gasteiger partial charge in [-0.3, -0.25) is 9.35 Å². The van der Waals surface area contributed by atoms with Crippen molar-refractivity contribution in [1.82, 2.24) is 5.32 Å². The van der Waals surface area contributed by atoms with Gasteiger partial charge in [0.25, 0.3) is 16.0 Å². The van der Waals surface area contributed by atoms with Crippen molar-refractivity contribution in [3.05, 3.63) is 54.1 Å². The van der Waals surface area contributed by atoms with Crippen molar-refractivity contribution in [1.29, 1.82) is 0 Å². The van der Waals surface area contributed by atoms with Gasteiger partial charge in [0.2, 0.25) is 0 Å². The molecule has 2 aromatic carbocycles. The van der Waals surface area contributed by atoms with E-state index < -0.39 is 10.1 Å². The molecule has 0 fully saturated rings. The number of likely N-dealkylation sites (N-methyl/N-ethyl adjacent to an activating group) is 1. The smallest absolute Gasteiger partial charge is 0.294 e. The van der Waals surface area contributed by atoms with Crippen LogP contribution in [0.4, 0.5) is 0 Å². The van der Waals surface area contributed by atoms with Crippen LogP contribution in [0, 0.1) is 6.92 Å². The SMILES string of the molecule is CNC(=O)COc1ccc(OCCO)cc1.Cc1ccc(S(=O)(=O)O)cc1. The van der Waals surface area contributed by atoms with Crippen molar-refractivity contribution in [3.63, 3.8) is 0 Å². The summed E-state index contributed by atoms with van der Waals surface area (Å²) >= 11 is 0. The molecule has 148 valence electrons. The highest BCUT2D eigenvalue weighted by Crippen LogP contribution is 2.17. The van der Waals surface area contributed by atoms with Crippen LogP contribution in [-0.2, 0) is 14.9 Å². The van der Waals surface area contributed by atoms with E-state index in [1.807, 2.05) is 6.92 Å². The summed E-state index contributed by atoms with van der Waals surface area (Å²) in [4.78, 5) is 10.8. The lowest BCUT2D eigenvalue weighted by Crippen LogP contribution is -2.24. The van der Waals surface area contributed by atoms with Gasteiger partial charge < -0.3 is 19.9 Å². The minimum atomic E-state index is -4.02. The maximum atomic E-state index is 10.9. The second-order valence-corrected chi connectivity index (χ2v) is 6.71. The fourth-order valence-electron chi connectivity index (χ4n) is 1.73. The molecule has 2 rings (SSSR count). The van der Waals surface area contributed by atoms with Crippen LogP contribution in [0.25, 0.3) is 0 Å². The summed E-state index contributed by atoms with van der Waals surface area (Å²) < 4.78 is 39.9. The summed E-state index contributed by atoms with van der Waals surface area (Å²) in [5.41, 5.74) is 0.956. The first-order chi connectivity index (χ1) is 12.8. The molecule has 0 aromatic heterocycles. The number of aliphatic hydroxyl groups excluding tert-OH is 1. The zero-order valence-electron chi connectivity index (χ0n) is 15.1. The van der Waals surface area contributed by atoms with Crippen LogP contribution in [0.3, 0.4) is 0 Å². The van der Waals surface area contributed by atoms with Crippen LogP contribution < -0.4 is 14.8 Å². The molecule has 0 saturated carbocycles. The average Bonchev–Trinajstić information content (AvgIpc) is 2.65. The molecule has 0 unspecified atom stereocenters. The van der Waals surface area contributed by atoms with Crippen molar-refractivity contribution in [2.75, 3.05) is 26.9 Å². The highest BCUT2D eigenvalue weighted by Gasteiger charge is 2.06. The van der Waals surface area contributed by atoms with Gasteiger partial charge in [-0.2, -0.15) is 8.42 Å². The van der Waals surface area contributed by atoms with E-state index in [2.05, 4.69) is 5.32 Å². The topological polar surface area (TPSA) is 122 Å². The van der Waals surface area contributed by atoms with Crippen LogP contribution in [0.15, 0.2) is 53.4 Å². The Morgan fingerprint density at radius 1 is 1.00 bits per heavy atom. The van der Waals surface area contributed by atoms with Gasteiger partial charge in [-0.25, -0.2) is 0 Å². The second-order valence-electron chi connectivity index (χ2n) is 5.29. The first-order valence-electron chi connectivity index (χ1n) is 7.97. The molecule has 3 N–H and O–H groups in total. The van der Waals surface area contributed by atoms with E-state index in [-0.39, 0.29) is 30.6 Å². The zero-order valence-corrected chi connectivity index (χ0v) is 15.9. The third kappa shape index (κ3) is 9.04. The van der Waals surface area contributed by atoms with E-state index in [9.17, 15) is 13.2 Å². The number of carbonyl (C=O) groups excluding carboxylic acids is 1. The fourth-order valence-corrected chi connectivity index (χ4v) is 2.21. The average molecular weight is 397 g/mol. The highest BCUT2D eigenvalue weighted by atomic mass is 32.2. The first kappa shape index (κ1) is 22.4. The third-order valence-corrected chi connectivity index (χ3v) is 4.02. The Morgan fingerprint density at radius 2 is 1.52 bits per heavy atom. The van der Waals surface area contributed by atoms with Gasteiger partial charge in [-0.1, -0.05) is 17.7 Å². The van der Waals surface area contributed by atoms with Crippen molar-refractivity contribution < 1.29 is 32.3 Å². The van der Waals surface area contributed by atoms with Gasteiger partial charge in [0.1, 0.15) is 18.1 Å². The number of rotatable bonds is 7. The molecule has 0 spiro atoms. The van der Waals surface area contributed by atoms with Crippen molar-refractivity contribution in [2.45, 2.75) is 11.8 Å². The Bertz CT molecular complexity index is 803. The summed E-state index contributed by atoms with van der Waals surface area (Å²) in [5, 5.41) is 11.0. The summed E-state index contributed by atoms with van der Waals surface area (Å²) in [6.45, 7) is 2.08. The fraction of sp³-hybridized carbons (Fsp3) is 0.278. The normalized spacial score (nSPS) is 10.4. The predicted octanol–water partition coefficient (Wildman–Crippen LogP) is 1.42. The van der Waals surface area contributed by atoms with E-state index in [1.54, 1.807) is 43.4 Å². The van der Waals surface area contributed by atoms with Crippen LogP contribution in [0.5, 0.6) is 11.5 Å². The number of nitrogens with one attached hydrogen (secondary N) is 1. The molecular weight excluding hydrogens is 374 g/mol. The van der Waals surface area contributed by atoms with Crippen LogP contribution in [-0.4, -0.2) is 50.9 Å². The lowest BCUT2D eigenvalue weighted by Gasteiger charge is -2.07. The van der Waals surface area contributed by atoms with E-state index in [1.165, 1.54) is 12.1 Å². The Labute approximate surface area is 158 Å². The molecule has 0 aliphatic heterocycles. The van der Waals surface area contributed by atoms with Gasteiger partial charge in [0, 0.05) is 7.05 Å². The number of benzene rings is 2. The van der Waals surface area contributed by atoms with Crippen molar-refractivity contribution >= 4 is 16.0 Å². The Balaban J connectivity index is 0.000000289. The maximum absolute atomic E-state index is 10.9. The van der Waals surface area contributed by atoms with Crippen molar-refractivity contribution in [2.24, 2.45) is 0 Å². The van der Waals surface area contributed by atoms with E-state index in [0.717, 1.165) is 5.56 Å². The van der Waals surface area contributed by atoms with Crippen LogP contribution in [0.1, 0.15) is 5.56 Å². The molecule has 27 heavy (non-hydrogen) atoms. The zero-order chi connectivity index (χ0) is 20.3. The number of ether oxygens (including phenoxy) is 2. The molecule has 9 heteroatoms. The summed E-state index contributed by atoms with van der Waals surface area (Å²) in [5.74, 6) is 1.07. The van der Waals surface area contributed by atoms with E-state index >= 15 is 0 Å². The maximum Gasteiger partial charge on any atom is 0.294 e. The Hall–Kier alpha value is -2.62. The van der Waals surface area contributed by atoms with Gasteiger partial charge in [-0.15, -0.1) is 0 Å². The van der Waals surface area contributed by atoms with Gasteiger partial charge in [0.05, 0.1) is 11.5 Å². The lowest BCUT2D eigenvalue weighted by molar-refractivity contribution is -0.122.